The molecule has 2 unspecified atom stereocenters. The summed E-state index contributed by atoms with van der Waals surface area (Å²) < 4.78 is 24.6. The van der Waals surface area contributed by atoms with Crippen molar-refractivity contribution in [3.05, 3.63) is 0 Å². The fourth-order valence-corrected chi connectivity index (χ4v) is 4.36. The lowest BCUT2D eigenvalue weighted by molar-refractivity contribution is 0.132. The molecule has 0 bridgehead atoms. The number of hydrogen-bond donors (Lipinski definition) is 1. The molecule has 5 nitrogen and oxygen atoms in total. The van der Waals surface area contributed by atoms with Crippen LogP contribution >= 0.6 is 0 Å². The van der Waals surface area contributed by atoms with Crippen LogP contribution in [0.25, 0.3) is 0 Å². The van der Waals surface area contributed by atoms with Gasteiger partial charge in [0, 0.05) is 38.8 Å². The van der Waals surface area contributed by atoms with E-state index in [1.807, 2.05) is 0 Å². The second kappa shape index (κ2) is 7.20. The van der Waals surface area contributed by atoms with E-state index in [9.17, 15) is 8.42 Å². The summed E-state index contributed by atoms with van der Waals surface area (Å²) in [6, 6.07) is 0.654. The van der Waals surface area contributed by atoms with Gasteiger partial charge >= 0.3 is 0 Å². The Kier molecular flexibility index (Phi) is 5.84. The normalized spacial score (nSPS) is 30.5. The molecule has 1 aliphatic heterocycles. The van der Waals surface area contributed by atoms with E-state index in [0.717, 1.165) is 32.1 Å². The highest BCUT2D eigenvalue weighted by Crippen LogP contribution is 2.25. The molecule has 0 amide bonds. The zero-order valence-corrected chi connectivity index (χ0v) is 13.7. The van der Waals surface area contributed by atoms with E-state index in [2.05, 4.69) is 17.1 Å². The fourth-order valence-electron chi connectivity index (χ4n) is 3.53. The van der Waals surface area contributed by atoms with Gasteiger partial charge in [0.25, 0.3) is 0 Å². The zero-order valence-electron chi connectivity index (χ0n) is 12.8. The Labute approximate surface area is 123 Å². The molecule has 1 saturated heterocycles. The van der Waals surface area contributed by atoms with Crippen molar-refractivity contribution in [1.29, 1.82) is 0 Å². The number of sulfonamides is 1. The number of nitrogens with one attached hydrogen (secondary N) is 1. The highest BCUT2D eigenvalue weighted by Gasteiger charge is 2.29. The molecule has 2 aliphatic rings. The van der Waals surface area contributed by atoms with Crippen LogP contribution in [-0.2, 0) is 10.0 Å². The Morgan fingerprint density at radius 2 is 1.75 bits per heavy atom. The van der Waals surface area contributed by atoms with Gasteiger partial charge in [0.15, 0.2) is 0 Å². The lowest BCUT2D eigenvalue weighted by atomic mass is 9.84. The molecule has 2 fully saturated rings. The van der Waals surface area contributed by atoms with E-state index in [0.29, 0.717) is 19.1 Å². The number of rotatable bonds is 5. The van der Waals surface area contributed by atoms with Gasteiger partial charge in [-0.1, -0.05) is 19.8 Å². The first kappa shape index (κ1) is 16.2. The van der Waals surface area contributed by atoms with Crippen LogP contribution in [-0.4, -0.2) is 69.2 Å². The van der Waals surface area contributed by atoms with Crippen molar-refractivity contribution < 1.29 is 8.42 Å². The topological polar surface area (TPSA) is 52.6 Å². The van der Waals surface area contributed by atoms with Gasteiger partial charge in [-0.05, 0) is 25.3 Å². The largest absolute Gasteiger partial charge is 0.314 e. The van der Waals surface area contributed by atoms with Crippen LogP contribution in [0.1, 0.15) is 32.6 Å². The maximum atomic E-state index is 11.5. The molecule has 1 heterocycles. The van der Waals surface area contributed by atoms with Crippen LogP contribution in [0.5, 0.6) is 0 Å². The molecule has 0 aromatic rings. The lowest BCUT2D eigenvalue weighted by Gasteiger charge is -2.39. The van der Waals surface area contributed by atoms with Gasteiger partial charge < -0.3 is 10.2 Å². The SMILES string of the molecule is CCNC1CCCCC1CN1CCN(S(C)(=O)=O)CC1. The molecular formula is C14H29N3O2S. The molecule has 0 spiro atoms. The van der Waals surface area contributed by atoms with Crippen molar-refractivity contribution in [2.75, 3.05) is 45.5 Å². The average molecular weight is 303 g/mol. The van der Waals surface area contributed by atoms with Gasteiger partial charge in [-0.15, -0.1) is 0 Å². The summed E-state index contributed by atoms with van der Waals surface area (Å²) in [5, 5.41) is 3.62. The van der Waals surface area contributed by atoms with Crippen molar-refractivity contribution >= 4 is 10.0 Å². The molecule has 1 N–H and O–H groups in total. The molecule has 6 heteroatoms. The summed E-state index contributed by atoms with van der Waals surface area (Å²) in [5.74, 6) is 0.730. The van der Waals surface area contributed by atoms with Crippen molar-refractivity contribution in [2.45, 2.75) is 38.6 Å². The predicted molar refractivity (Wildman–Crippen MR) is 82.3 cm³/mol. The Bertz CT molecular complexity index is 389. The van der Waals surface area contributed by atoms with Crippen molar-refractivity contribution in [3.63, 3.8) is 0 Å². The molecule has 0 aromatic heterocycles. The quantitative estimate of drug-likeness (QED) is 0.814. The third-order valence-electron chi connectivity index (χ3n) is 4.67. The summed E-state index contributed by atoms with van der Waals surface area (Å²) in [5.41, 5.74) is 0. The van der Waals surface area contributed by atoms with Gasteiger partial charge in [-0.2, -0.15) is 4.31 Å². The minimum absolute atomic E-state index is 0.650. The van der Waals surface area contributed by atoms with Crippen LogP contribution < -0.4 is 5.32 Å². The third kappa shape index (κ3) is 4.41. The molecule has 0 radical (unpaired) electrons. The van der Waals surface area contributed by atoms with Gasteiger partial charge in [0.2, 0.25) is 10.0 Å². The maximum Gasteiger partial charge on any atom is 0.211 e. The summed E-state index contributed by atoms with van der Waals surface area (Å²) in [7, 11) is -3.01. The van der Waals surface area contributed by atoms with Crippen molar-refractivity contribution in [3.8, 4) is 0 Å². The summed E-state index contributed by atoms with van der Waals surface area (Å²) in [6.45, 7) is 7.40. The molecule has 1 saturated carbocycles. The van der Waals surface area contributed by atoms with E-state index in [4.69, 9.17) is 0 Å². The molecular weight excluding hydrogens is 274 g/mol. The second-order valence-electron chi connectivity index (χ2n) is 6.17. The number of hydrogen-bond acceptors (Lipinski definition) is 4. The first-order valence-corrected chi connectivity index (χ1v) is 9.76. The van der Waals surface area contributed by atoms with Crippen molar-refractivity contribution in [2.24, 2.45) is 5.92 Å². The molecule has 2 atom stereocenters. The molecule has 20 heavy (non-hydrogen) atoms. The first-order chi connectivity index (χ1) is 9.50. The number of piperazine rings is 1. The maximum absolute atomic E-state index is 11.5. The van der Waals surface area contributed by atoms with E-state index < -0.39 is 10.0 Å². The monoisotopic (exact) mass is 303 g/mol. The molecule has 1 aliphatic carbocycles. The smallest absolute Gasteiger partial charge is 0.211 e. The van der Waals surface area contributed by atoms with Crippen molar-refractivity contribution in [1.82, 2.24) is 14.5 Å². The summed E-state index contributed by atoms with van der Waals surface area (Å²) in [6.07, 6.45) is 6.60. The molecule has 0 aromatic carbocycles. The fraction of sp³-hybridized carbons (Fsp3) is 1.00. The van der Waals surface area contributed by atoms with Gasteiger partial charge in [0.1, 0.15) is 0 Å². The Morgan fingerprint density at radius 3 is 2.35 bits per heavy atom. The van der Waals surface area contributed by atoms with E-state index >= 15 is 0 Å². The Hall–Kier alpha value is -0.170. The van der Waals surface area contributed by atoms with Gasteiger partial charge in [-0.25, -0.2) is 8.42 Å². The van der Waals surface area contributed by atoms with Crippen LogP contribution in [0.3, 0.4) is 0 Å². The number of nitrogens with zero attached hydrogens (tertiary/aromatic N) is 2. The minimum Gasteiger partial charge on any atom is -0.314 e. The first-order valence-electron chi connectivity index (χ1n) is 7.91. The van der Waals surface area contributed by atoms with E-state index in [1.54, 1.807) is 4.31 Å². The third-order valence-corrected chi connectivity index (χ3v) is 5.97. The van der Waals surface area contributed by atoms with E-state index in [1.165, 1.54) is 31.9 Å². The second-order valence-corrected chi connectivity index (χ2v) is 8.15. The van der Waals surface area contributed by atoms with E-state index in [-0.39, 0.29) is 0 Å². The predicted octanol–water partition coefficient (Wildman–Crippen LogP) is 0.732. The van der Waals surface area contributed by atoms with Gasteiger partial charge in [0.05, 0.1) is 6.26 Å². The molecule has 2 rings (SSSR count). The highest BCUT2D eigenvalue weighted by molar-refractivity contribution is 7.88. The summed E-state index contributed by atoms with van der Waals surface area (Å²) in [4.78, 5) is 2.45. The summed E-state index contributed by atoms with van der Waals surface area (Å²) >= 11 is 0. The zero-order chi connectivity index (χ0) is 14.6. The lowest BCUT2D eigenvalue weighted by Crippen LogP contribution is -2.51. The standard InChI is InChI=1S/C14H29N3O2S/c1-3-15-14-7-5-4-6-13(14)12-16-8-10-17(11-9-16)20(2,18)19/h13-15H,3-12H2,1-2H3. The Morgan fingerprint density at radius 1 is 1.10 bits per heavy atom. The average Bonchev–Trinajstić information content (AvgIpc) is 2.41. The Balaban J connectivity index is 1.82. The van der Waals surface area contributed by atoms with Crippen LogP contribution in [0.2, 0.25) is 0 Å². The highest BCUT2D eigenvalue weighted by atomic mass is 32.2. The molecule has 118 valence electrons. The van der Waals surface area contributed by atoms with Crippen LogP contribution in [0, 0.1) is 5.92 Å². The minimum atomic E-state index is -3.01. The van der Waals surface area contributed by atoms with Crippen LogP contribution in [0.4, 0.5) is 0 Å². The van der Waals surface area contributed by atoms with Gasteiger partial charge in [-0.3, -0.25) is 0 Å². The van der Waals surface area contributed by atoms with Crippen LogP contribution in [0.15, 0.2) is 0 Å².